The quantitative estimate of drug-likeness (QED) is 0.167. The average molecular weight is 432 g/mol. The maximum Gasteiger partial charge on any atom is 0.312 e. The Balaban J connectivity index is 4.92. The van der Waals surface area contributed by atoms with E-state index in [1.165, 1.54) is 0 Å². The predicted molar refractivity (Wildman–Crippen MR) is 117 cm³/mol. The number of hydrogen-bond acceptors (Lipinski definition) is 5. The van der Waals surface area contributed by atoms with Crippen molar-refractivity contribution < 1.29 is 19.2 Å². The van der Waals surface area contributed by atoms with Crippen molar-refractivity contribution in [1.82, 2.24) is 21.3 Å². The molecule has 0 heterocycles. The molecule has 0 aliphatic carbocycles. The van der Waals surface area contributed by atoms with Crippen LogP contribution in [0.1, 0.15) is 59.3 Å². The minimum Gasteiger partial charge on any atom is -0.353 e. The van der Waals surface area contributed by atoms with Gasteiger partial charge in [0.05, 0.1) is 0 Å². The Labute approximate surface area is 179 Å². The van der Waals surface area contributed by atoms with E-state index in [4.69, 9.17) is 5.73 Å². The lowest BCUT2D eigenvalue weighted by molar-refractivity contribution is -0.133. The van der Waals surface area contributed by atoms with E-state index in [1.807, 2.05) is 13.8 Å². The standard InChI is InChI=1S/C19H37N5O4S/c1-4-5-6-9-15(25)24-16(13(2)3)18(27)23-14(17(26)21-11-12-29)8-7-10-22-19(20)28/h13-14,16,29H,4-12H2,1-3H3,(H,21,26)(H,23,27)(H,24,25)(H3,20,22,28). The molecule has 2 unspecified atom stereocenters. The van der Waals surface area contributed by atoms with Crippen molar-refractivity contribution >= 4 is 36.4 Å². The van der Waals surface area contributed by atoms with Crippen molar-refractivity contribution in [2.45, 2.75) is 71.4 Å². The summed E-state index contributed by atoms with van der Waals surface area (Å²) in [5.41, 5.74) is 5.03. The topological polar surface area (TPSA) is 142 Å². The van der Waals surface area contributed by atoms with E-state index in [1.54, 1.807) is 0 Å². The highest BCUT2D eigenvalue weighted by molar-refractivity contribution is 7.80. The van der Waals surface area contributed by atoms with E-state index in [-0.39, 0.29) is 17.7 Å². The molecule has 0 aliphatic rings. The molecule has 5 amide bonds. The zero-order chi connectivity index (χ0) is 22.2. The molecule has 0 radical (unpaired) electrons. The number of primary amides is 1. The molecular formula is C19H37N5O4S. The fourth-order valence-corrected chi connectivity index (χ4v) is 2.78. The van der Waals surface area contributed by atoms with Crippen LogP contribution in [0.4, 0.5) is 4.79 Å². The molecule has 0 fully saturated rings. The molecule has 0 aliphatic heterocycles. The summed E-state index contributed by atoms with van der Waals surface area (Å²) in [4.78, 5) is 48.1. The minimum atomic E-state index is -0.782. The first-order valence-corrected chi connectivity index (χ1v) is 10.9. The van der Waals surface area contributed by atoms with Crippen molar-refractivity contribution in [3.05, 3.63) is 0 Å². The molecule has 0 saturated heterocycles. The van der Waals surface area contributed by atoms with Gasteiger partial charge in [-0.1, -0.05) is 33.6 Å². The Morgan fingerprint density at radius 3 is 2.17 bits per heavy atom. The molecule has 9 nitrogen and oxygen atoms in total. The summed E-state index contributed by atoms with van der Waals surface area (Å²) < 4.78 is 0. The second-order valence-corrected chi connectivity index (χ2v) is 7.70. The fourth-order valence-electron chi connectivity index (χ4n) is 2.67. The largest absolute Gasteiger partial charge is 0.353 e. The highest BCUT2D eigenvalue weighted by atomic mass is 32.1. The van der Waals surface area contributed by atoms with Crippen LogP contribution in [-0.2, 0) is 14.4 Å². The van der Waals surface area contributed by atoms with Crippen LogP contribution in [0.5, 0.6) is 0 Å². The SMILES string of the molecule is CCCCCC(=O)NC(C(=O)NC(CCCNC(N)=O)C(=O)NCCS)C(C)C. The minimum absolute atomic E-state index is 0.136. The van der Waals surface area contributed by atoms with Gasteiger partial charge in [-0.25, -0.2) is 4.79 Å². The number of nitrogens with one attached hydrogen (secondary N) is 4. The van der Waals surface area contributed by atoms with Crippen LogP contribution in [0.15, 0.2) is 0 Å². The molecule has 2 atom stereocenters. The molecule has 0 aromatic rings. The van der Waals surface area contributed by atoms with Gasteiger partial charge in [0.2, 0.25) is 17.7 Å². The summed E-state index contributed by atoms with van der Waals surface area (Å²) in [6, 6.07) is -2.15. The molecule has 0 bridgehead atoms. The second-order valence-electron chi connectivity index (χ2n) is 7.26. The van der Waals surface area contributed by atoms with Crippen LogP contribution in [0, 0.1) is 5.92 Å². The molecule has 29 heavy (non-hydrogen) atoms. The normalized spacial score (nSPS) is 12.7. The Hall–Kier alpha value is -1.97. The molecule has 0 rings (SSSR count). The lowest BCUT2D eigenvalue weighted by Gasteiger charge is -2.25. The van der Waals surface area contributed by atoms with Gasteiger partial charge in [0.25, 0.3) is 0 Å². The summed E-state index contributed by atoms with van der Waals surface area (Å²) in [7, 11) is 0. The van der Waals surface area contributed by atoms with E-state index in [0.717, 1.165) is 19.3 Å². The molecule has 0 aromatic carbocycles. The van der Waals surface area contributed by atoms with Crippen molar-refractivity contribution in [1.29, 1.82) is 0 Å². The van der Waals surface area contributed by atoms with E-state index >= 15 is 0 Å². The third-order valence-electron chi connectivity index (χ3n) is 4.29. The van der Waals surface area contributed by atoms with Gasteiger partial charge in [0, 0.05) is 25.3 Å². The summed E-state index contributed by atoms with van der Waals surface area (Å²) in [5, 5.41) is 10.7. The second kappa shape index (κ2) is 15.9. The number of nitrogens with two attached hydrogens (primary N) is 1. The lowest BCUT2D eigenvalue weighted by atomic mass is 10.0. The smallest absolute Gasteiger partial charge is 0.312 e. The van der Waals surface area contributed by atoms with Gasteiger partial charge in [-0.15, -0.1) is 0 Å². The molecule has 168 valence electrons. The number of carbonyl (C=O) groups is 4. The van der Waals surface area contributed by atoms with Crippen molar-refractivity contribution in [2.24, 2.45) is 11.7 Å². The van der Waals surface area contributed by atoms with Crippen LogP contribution in [0.2, 0.25) is 0 Å². The summed E-state index contributed by atoms with van der Waals surface area (Å²) in [5.74, 6) is -0.573. The summed E-state index contributed by atoms with van der Waals surface area (Å²) in [6.07, 6.45) is 3.89. The van der Waals surface area contributed by atoms with Gasteiger partial charge >= 0.3 is 6.03 Å². The summed E-state index contributed by atoms with van der Waals surface area (Å²) >= 11 is 4.06. The van der Waals surface area contributed by atoms with Crippen molar-refractivity contribution in [2.75, 3.05) is 18.8 Å². The Bertz CT molecular complexity index is 531. The number of unbranched alkanes of at least 4 members (excludes halogenated alkanes) is 2. The Morgan fingerprint density at radius 1 is 0.931 bits per heavy atom. The predicted octanol–water partition coefficient (Wildman–Crippen LogP) is 0.687. The average Bonchev–Trinajstić information content (AvgIpc) is 2.66. The lowest BCUT2D eigenvalue weighted by Crippen LogP contribution is -2.55. The fraction of sp³-hybridized carbons (Fsp3) is 0.789. The van der Waals surface area contributed by atoms with Crippen LogP contribution in [0.25, 0.3) is 0 Å². The van der Waals surface area contributed by atoms with Crippen LogP contribution in [0.3, 0.4) is 0 Å². The van der Waals surface area contributed by atoms with Gasteiger partial charge in [-0.05, 0) is 25.2 Å². The van der Waals surface area contributed by atoms with Crippen LogP contribution < -0.4 is 27.0 Å². The number of carbonyl (C=O) groups excluding carboxylic acids is 4. The van der Waals surface area contributed by atoms with Crippen LogP contribution in [-0.4, -0.2) is 54.7 Å². The van der Waals surface area contributed by atoms with Crippen LogP contribution >= 0.6 is 12.6 Å². The first-order chi connectivity index (χ1) is 13.7. The maximum absolute atomic E-state index is 12.8. The van der Waals surface area contributed by atoms with Crippen molar-refractivity contribution in [3.63, 3.8) is 0 Å². The molecule has 10 heteroatoms. The molecule has 6 N–H and O–H groups in total. The molecule has 0 aromatic heterocycles. The number of rotatable bonds is 15. The third-order valence-corrected chi connectivity index (χ3v) is 4.51. The Kier molecular flexibility index (Phi) is 14.8. The van der Waals surface area contributed by atoms with Gasteiger partial charge in [-0.3, -0.25) is 14.4 Å². The first-order valence-electron chi connectivity index (χ1n) is 10.2. The zero-order valence-corrected chi connectivity index (χ0v) is 18.6. The van der Waals surface area contributed by atoms with E-state index in [0.29, 0.717) is 38.1 Å². The van der Waals surface area contributed by atoms with Gasteiger partial charge < -0.3 is 27.0 Å². The van der Waals surface area contributed by atoms with Gasteiger partial charge in [0.1, 0.15) is 12.1 Å². The third kappa shape index (κ3) is 13.0. The number of hydrogen-bond donors (Lipinski definition) is 6. The number of amides is 5. The summed E-state index contributed by atoms with van der Waals surface area (Å²) in [6.45, 7) is 6.39. The van der Waals surface area contributed by atoms with Gasteiger partial charge in [-0.2, -0.15) is 12.6 Å². The highest BCUT2D eigenvalue weighted by Gasteiger charge is 2.28. The number of thiol groups is 1. The molecule has 0 saturated carbocycles. The zero-order valence-electron chi connectivity index (χ0n) is 17.8. The monoisotopic (exact) mass is 431 g/mol. The number of urea groups is 1. The van der Waals surface area contributed by atoms with Crippen molar-refractivity contribution in [3.8, 4) is 0 Å². The molecule has 0 spiro atoms. The van der Waals surface area contributed by atoms with E-state index in [9.17, 15) is 19.2 Å². The van der Waals surface area contributed by atoms with E-state index < -0.39 is 24.0 Å². The first kappa shape index (κ1) is 27.0. The van der Waals surface area contributed by atoms with E-state index in [2.05, 4.69) is 40.8 Å². The molecular weight excluding hydrogens is 394 g/mol. The van der Waals surface area contributed by atoms with Gasteiger partial charge in [0.15, 0.2) is 0 Å². The highest BCUT2D eigenvalue weighted by Crippen LogP contribution is 2.07. The Morgan fingerprint density at radius 2 is 1.62 bits per heavy atom. The maximum atomic E-state index is 12.8.